The average molecular weight is 154 g/mol. The maximum atomic E-state index is 3.49. The molecule has 0 radical (unpaired) electrons. The van der Waals surface area contributed by atoms with E-state index in [4.69, 9.17) is 0 Å². The predicted molar refractivity (Wildman–Crippen MR) is 46.1 cm³/mol. The molecule has 0 aromatic rings. The maximum absolute atomic E-state index is 3.49. The van der Waals surface area contributed by atoms with E-state index in [0.29, 0.717) is 5.41 Å². The van der Waals surface area contributed by atoms with Crippen molar-refractivity contribution in [1.82, 2.24) is 10.4 Å². The summed E-state index contributed by atoms with van der Waals surface area (Å²) >= 11 is 0. The lowest BCUT2D eigenvalue weighted by atomic mass is 9.89. The van der Waals surface area contributed by atoms with Crippen LogP contribution in [-0.4, -0.2) is 24.1 Å². The highest BCUT2D eigenvalue weighted by molar-refractivity contribution is 4.91. The zero-order chi connectivity index (χ0) is 7.90. The van der Waals surface area contributed by atoms with Gasteiger partial charge in [-0.05, 0) is 24.7 Å². The fraction of sp³-hybridized carbons (Fsp3) is 1.00. The van der Waals surface area contributed by atoms with Gasteiger partial charge in [-0.1, -0.05) is 13.8 Å². The standard InChI is InChI=1S/C9H18N2/c1-3-9(2)6-10-11(7-9)8-4-5-8/h8,10H,3-7H2,1-2H3. The van der Waals surface area contributed by atoms with E-state index in [1.807, 2.05) is 0 Å². The first-order valence-corrected chi connectivity index (χ1v) is 4.74. The second-order valence-electron chi connectivity index (χ2n) is 4.36. The molecule has 0 amide bonds. The number of rotatable bonds is 2. The zero-order valence-corrected chi connectivity index (χ0v) is 7.56. The van der Waals surface area contributed by atoms with Crippen molar-refractivity contribution in [3.63, 3.8) is 0 Å². The second-order valence-corrected chi connectivity index (χ2v) is 4.36. The van der Waals surface area contributed by atoms with E-state index in [1.54, 1.807) is 0 Å². The van der Waals surface area contributed by atoms with Gasteiger partial charge in [0.1, 0.15) is 0 Å². The van der Waals surface area contributed by atoms with Gasteiger partial charge in [0.25, 0.3) is 0 Å². The van der Waals surface area contributed by atoms with Crippen LogP contribution >= 0.6 is 0 Å². The van der Waals surface area contributed by atoms with Gasteiger partial charge in [-0.2, -0.15) is 0 Å². The molecule has 0 bridgehead atoms. The van der Waals surface area contributed by atoms with Crippen LogP contribution in [0.15, 0.2) is 0 Å². The second kappa shape index (κ2) is 2.46. The molecule has 0 spiro atoms. The third-order valence-electron chi connectivity index (χ3n) is 3.10. The van der Waals surface area contributed by atoms with Gasteiger partial charge >= 0.3 is 0 Å². The molecule has 1 aliphatic heterocycles. The van der Waals surface area contributed by atoms with Crippen LogP contribution in [0.5, 0.6) is 0 Å². The third-order valence-corrected chi connectivity index (χ3v) is 3.10. The molecule has 1 unspecified atom stereocenters. The lowest BCUT2D eigenvalue weighted by molar-refractivity contribution is 0.220. The van der Waals surface area contributed by atoms with Gasteiger partial charge in [0, 0.05) is 19.1 Å². The number of hydrogen-bond acceptors (Lipinski definition) is 2. The van der Waals surface area contributed by atoms with Crippen molar-refractivity contribution < 1.29 is 0 Å². The molecule has 2 rings (SSSR count). The summed E-state index contributed by atoms with van der Waals surface area (Å²) in [7, 11) is 0. The third kappa shape index (κ3) is 1.42. The van der Waals surface area contributed by atoms with E-state index in [0.717, 1.165) is 6.04 Å². The van der Waals surface area contributed by atoms with Crippen LogP contribution < -0.4 is 5.43 Å². The molecule has 2 fully saturated rings. The Morgan fingerprint density at radius 2 is 2.27 bits per heavy atom. The molecule has 2 nitrogen and oxygen atoms in total. The number of hydrazine groups is 1. The van der Waals surface area contributed by atoms with E-state index in [1.165, 1.54) is 32.4 Å². The summed E-state index contributed by atoms with van der Waals surface area (Å²) in [5, 5.41) is 2.45. The van der Waals surface area contributed by atoms with Crippen molar-refractivity contribution >= 4 is 0 Å². The maximum Gasteiger partial charge on any atom is 0.0245 e. The van der Waals surface area contributed by atoms with E-state index in [9.17, 15) is 0 Å². The highest BCUT2D eigenvalue weighted by Crippen LogP contribution is 2.33. The van der Waals surface area contributed by atoms with Crippen LogP contribution in [0.3, 0.4) is 0 Å². The predicted octanol–water partition coefficient (Wildman–Crippen LogP) is 1.39. The largest absolute Gasteiger partial charge is 0.254 e. The number of hydrogen-bond donors (Lipinski definition) is 1. The van der Waals surface area contributed by atoms with E-state index in [-0.39, 0.29) is 0 Å². The van der Waals surface area contributed by atoms with Crippen molar-refractivity contribution in [2.75, 3.05) is 13.1 Å². The van der Waals surface area contributed by atoms with E-state index >= 15 is 0 Å². The summed E-state index contributed by atoms with van der Waals surface area (Å²) in [6, 6.07) is 0.878. The molecule has 1 aliphatic carbocycles. The Labute approximate surface area is 68.9 Å². The van der Waals surface area contributed by atoms with E-state index in [2.05, 4.69) is 24.3 Å². The van der Waals surface area contributed by atoms with Crippen molar-refractivity contribution in [2.24, 2.45) is 5.41 Å². The van der Waals surface area contributed by atoms with Crippen molar-refractivity contribution in [3.8, 4) is 0 Å². The fourth-order valence-corrected chi connectivity index (χ4v) is 1.70. The highest BCUT2D eigenvalue weighted by atomic mass is 15.6. The van der Waals surface area contributed by atoms with Crippen molar-refractivity contribution in [3.05, 3.63) is 0 Å². The lowest BCUT2D eigenvalue weighted by Gasteiger charge is -2.20. The first kappa shape index (κ1) is 7.56. The van der Waals surface area contributed by atoms with Gasteiger partial charge in [0.05, 0.1) is 0 Å². The van der Waals surface area contributed by atoms with E-state index < -0.39 is 0 Å². The molecule has 1 heterocycles. The van der Waals surface area contributed by atoms with Gasteiger partial charge in [0.15, 0.2) is 0 Å². The topological polar surface area (TPSA) is 15.3 Å². The normalized spacial score (nSPS) is 39.8. The van der Waals surface area contributed by atoms with Crippen molar-refractivity contribution in [1.29, 1.82) is 0 Å². The minimum absolute atomic E-state index is 0.544. The molecule has 0 aromatic heterocycles. The molecule has 11 heavy (non-hydrogen) atoms. The average Bonchev–Trinajstić information content (AvgIpc) is 2.77. The molecule has 1 N–H and O–H groups in total. The molecule has 64 valence electrons. The Morgan fingerprint density at radius 3 is 2.73 bits per heavy atom. The molecule has 1 saturated heterocycles. The summed E-state index contributed by atoms with van der Waals surface area (Å²) in [5.74, 6) is 0. The van der Waals surface area contributed by atoms with Crippen LogP contribution in [0.1, 0.15) is 33.1 Å². The Bertz CT molecular complexity index is 154. The molecule has 1 atom stereocenters. The molecular weight excluding hydrogens is 136 g/mol. The van der Waals surface area contributed by atoms with Gasteiger partial charge < -0.3 is 0 Å². The van der Waals surface area contributed by atoms with Crippen LogP contribution in [0, 0.1) is 5.41 Å². The van der Waals surface area contributed by atoms with Gasteiger partial charge in [-0.3, -0.25) is 5.43 Å². The Hall–Kier alpha value is -0.0800. The molecular formula is C9H18N2. The molecule has 0 aromatic carbocycles. The molecule has 1 saturated carbocycles. The summed E-state index contributed by atoms with van der Waals surface area (Å²) in [6.07, 6.45) is 4.11. The lowest BCUT2D eigenvalue weighted by Crippen LogP contribution is -2.32. The van der Waals surface area contributed by atoms with Gasteiger partial charge in [-0.25, -0.2) is 5.01 Å². The minimum atomic E-state index is 0.544. The Morgan fingerprint density at radius 1 is 1.55 bits per heavy atom. The van der Waals surface area contributed by atoms with Crippen molar-refractivity contribution in [2.45, 2.75) is 39.2 Å². The quantitative estimate of drug-likeness (QED) is 0.646. The van der Waals surface area contributed by atoms with Gasteiger partial charge in [0.2, 0.25) is 0 Å². The fourth-order valence-electron chi connectivity index (χ4n) is 1.70. The first-order valence-electron chi connectivity index (χ1n) is 4.74. The minimum Gasteiger partial charge on any atom is -0.254 e. The number of nitrogens with zero attached hydrogens (tertiary/aromatic N) is 1. The summed E-state index contributed by atoms with van der Waals surface area (Å²) in [6.45, 7) is 7.11. The summed E-state index contributed by atoms with van der Waals surface area (Å²) in [4.78, 5) is 0. The summed E-state index contributed by atoms with van der Waals surface area (Å²) in [5.41, 5.74) is 4.04. The summed E-state index contributed by atoms with van der Waals surface area (Å²) < 4.78 is 0. The molecule has 2 heteroatoms. The Balaban J connectivity index is 1.91. The Kier molecular flexibility index (Phi) is 1.69. The molecule has 2 aliphatic rings. The highest BCUT2D eigenvalue weighted by Gasteiger charge is 2.39. The monoisotopic (exact) mass is 154 g/mol. The van der Waals surface area contributed by atoms with Gasteiger partial charge in [-0.15, -0.1) is 0 Å². The van der Waals surface area contributed by atoms with Crippen LogP contribution in [0.4, 0.5) is 0 Å². The SMILES string of the molecule is CCC1(C)CNN(C2CC2)C1. The van der Waals surface area contributed by atoms with Crippen LogP contribution in [0.2, 0.25) is 0 Å². The van der Waals surface area contributed by atoms with Crippen LogP contribution in [0.25, 0.3) is 0 Å². The number of nitrogens with one attached hydrogen (secondary N) is 1. The zero-order valence-electron chi connectivity index (χ0n) is 7.56. The first-order chi connectivity index (χ1) is 5.23. The van der Waals surface area contributed by atoms with Crippen LogP contribution in [-0.2, 0) is 0 Å². The smallest absolute Gasteiger partial charge is 0.0245 e.